The fourth-order valence-electron chi connectivity index (χ4n) is 3.23. The van der Waals surface area contributed by atoms with Gasteiger partial charge in [0.25, 0.3) is 5.56 Å². The molecular formula is C23H18N2O2. The van der Waals surface area contributed by atoms with Crippen LogP contribution in [0.3, 0.4) is 0 Å². The van der Waals surface area contributed by atoms with Gasteiger partial charge in [-0.15, -0.1) is 0 Å². The number of fused-ring (bicyclic) bond motifs is 1. The first-order valence-electron chi connectivity index (χ1n) is 8.83. The maximum absolute atomic E-state index is 13.0. The Kier molecular flexibility index (Phi) is 4.38. The van der Waals surface area contributed by atoms with E-state index in [1.165, 1.54) is 4.68 Å². The third-order valence-corrected chi connectivity index (χ3v) is 4.68. The van der Waals surface area contributed by atoms with Crippen LogP contribution in [0.1, 0.15) is 23.3 Å². The Morgan fingerprint density at radius 1 is 0.815 bits per heavy atom. The first-order valence-corrected chi connectivity index (χ1v) is 8.83. The molecule has 0 aliphatic heterocycles. The number of carbonyl (C=O) groups excluding carboxylic acids is 1. The first kappa shape index (κ1) is 16.9. The number of aromatic nitrogens is 2. The minimum atomic E-state index is -0.702. The summed E-state index contributed by atoms with van der Waals surface area (Å²) < 4.78 is 1.31. The number of ketones is 1. The van der Waals surface area contributed by atoms with Crippen molar-refractivity contribution in [1.82, 2.24) is 9.78 Å². The fourth-order valence-corrected chi connectivity index (χ4v) is 3.23. The molecule has 0 aliphatic carbocycles. The molecule has 4 heteroatoms. The SMILES string of the molecule is C[C@H](C(=O)c1ccccc1)n1nc(-c2ccccc2)c2ccccc2c1=O. The van der Waals surface area contributed by atoms with E-state index in [4.69, 9.17) is 0 Å². The Labute approximate surface area is 156 Å². The van der Waals surface area contributed by atoms with E-state index in [1.54, 1.807) is 25.1 Å². The van der Waals surface area contributed by atoms with Crippen molar-refractivity contribution in [3.8, 4) is 11.3 Å². The van der Waals surface area contributed by atoms with E-state index in [2.05, 4.69) is 5.10 Å². The van der Waals surface area contributed by atoms with Gasteiger partial charge in [0, 0.05) is 16.5 Å². The summed E-state index contributed by atoms with van der Waals surface area (Å²) in [5.74, 6) is -0.139. The van der Waals surface area contributed by atoms with Crippen LogP contribution in [0.5, 0.6) is 0 Å². The van der Waals surface area contributed by atoms with Crippen LogP contribution < -0.4 is 5.56 Å². The second kappa shape index (κ2) is 7.00. The first-order chi connectivity index (χ1) is 13.2. The number of hydrogen-bond acceptors (Lipinski definition) is 3. The van der Waals surface area contributed by atoms with Gasteiger partial charge < -0.3 is 0 Å². The summed E-state index contributed by atoms with van der Waals surface area (Å²) in [5.41, 5.74) is 1.90. The molecule has 0 N–H and O–H groups in total. The van der Waals surface area contributed by atoms with Crippen LogP contribution in [-0.4, -0.2) is 15.6 Å². The molecular weight excluding hydrogens is 336 g/mol. The molecule has 132 valence electrons. The van der Waals surface area contributed by atoms with Crippen molar-refractivity contribution in [2.24, 2.45) is 0 Å². The number of nitrogens with zero attached hydrogens (tertiary/aromatic N) is 2. The molecule has 3 aromatic carbocycles. The molecule has 0 amide bonds. The van der Waals surface area contributed by atoms with Crippen molar-refractivity contribution in [2.75, 3.05) is 0 Å². The summed E-state index contributed by atoms with van der Waals surface area (Å²) in [5, 5.41) is 5.94. The molecule has 27 heavy (non-hydrogen) atoms. The van der Waals surface area contributed by atoms with E-state index in [0.29, 0.717) is 16.6 Å². The summed E-state index contributed by atoms with van der Waals surface area (Å²) in [7, 11) is 0. The third-order valence-electron chi connectivity index (χ3n) is 4.68. The van der Waals surface area contributed by atoms with Gasteiger partial charge in [0.15, 0.2) is 5.78 Å². The molecule has 1 heterocycles. The van der Waals surface area contributed by atoms with Crippen molar-refractivity contribution < 1.29 is 4.79 Å². The van der Waals surface area contributed by atoms with E-state index >= 15 is 0 Å². The largest absolute Gasteiger partial charge is 0.292 e. The second-order valence-electron chi connectivity index (χ2n) is 6.42. The second-order valence-corrected chi connectivity index (χ2v) is 6.42. The normalized spacial score (nSPS) is 12.0. The Morgan fingerprint density at radius 3 is 2.04 bits per heavy atom. The van der Waals surface area contributed by atoms with Gasteiger partial charge in [0.05, 0.1) is 11.1 Å². The number of carbonyl (C=O) groups is 1. The zero-order valence-corrected chi connectivity index (χ0v) is 14.9. The van der Waals surface area contributed by atoms with E-state index in [-0.39, 0.29) is 11.3 Å². The van der Waals surface area contributed by atoms with Crippen LogP contribution in [0, 0.1) is 0 Å². The molecule has 0 unspecified atom stereocenters. The van der Waals surface area contributed by atoms with Crippen LogP contribution >= 0.6 is 0 Å². The van der Waals surface area contributed by atoms with Crippen molar-refractivity contribution in [3.05, 3.63) is 101 Å². The Morgan fingerprint density at radius 2 is 1.37 bits per heavy atom. The van der Waals surface area contributed by atoms with Gasteiger partial charge in [-0.2, -0.15) is 5.10 Å². The van der Waals surface area contributed by atoms with Crippen molar-refractivity contribution in [1.29, 1.82) is 0 Å². The number of Topliss-reactive ketones (excluding diaryl/α,β-unsaturated/α-hetero) is 1. The van der Waals surface area contributed by atoms with Gasteiger partial charge in [-0.05, 0) is 13.0 Å². The molecule has 0 fully saturated rings. The third kappa shape index (κ3) is 3.06. The molecule has 4 nitrogen and oxygen atoms in total. The van der Waals surface area contributed by atoms with Crippen LogP contribution in [-0.2, 0) is 0 Å². The summed E-state index contributed by atoms with van der Waals surface area (Å²) >= 11 is 0. The van der Waals surface area contributed by atoms with Crippen molar-refractivity contribution in [3.63, 3.8) is 0 Å². The molecule has 1 atom stereocenters. The van der Waals surface area contributed by atoms with Gasteiger partial charge in [-0.3, -0.25) is 9.59 Å². The summed E-state index contributed by atoms with van der Waals surface area (Å²) in [6, 6.07) is 25.4. The van der Waals surface area contributed by atoms with E-state index in [0.717, 1.165) is 10.9 Å². The monoisotopic (exact) mass is 354 g/mol. The highest BCUT2D eigenvalue weighted by atomic mass is 16.1. The molecule has 1 aromatic heterocycles. The van der Waals surface area contributed by atoms with Crippen LogP contribution in [0.2, 0.25) is 0 Å². The minimum absolute atomic E-state index is 0.139. The Hall–Kier alpha value is -3.53. The molecule has 4 rings (SSSR count). The van der Waals surface area contributed by atoms with E-state index in [9.17, 15) is 9.59 Å². The predicted octanol–water partition coefficient (Wildman–Crippen LogP) is 4.51. The Bertz CT molecular complexity index is 1170. The molecule has 0 bridgehead atoms. The number of hydrogen-bond donors (Lipinski definition) is 0. The van der Waals surface area contributed by atoms with Gasteiger partial charge in [-0.1, -0.05) is 78.9 Å². The lowest BCUT2D eigenvalue weighted by Crippen LogP contribution is -2.31. The lowest BCUT2D eigenvalue weighted by atomic mass is 10.0. The molecule has 0 radical (unpaired) electrons. The molecule has 4 aromatic rings. The fraction of sp³-hybridized carbons (Fsp3) is 0.0870. The zero-order chi connectivity index (χ0) is 18.8. The molecule has 0 saturated carbocycles. The van der Waals surface area contributed by atoms with Gasteiger partial charge in [0.2, 0.25) is 0 Å². The average Bonchev–Trinajstić information content (AvgIpc) is 2.74. The summed E-state index contributed by atoms with van der Waals surface area (Å²) in [6.07, 6.45) is 0. The summed E-state index contributed by atoms with van der Waals surface area (Å²) in [4.78, 5) is 25.9. The van der Waals surface area contributed by atoms with Crippen molar-refractivity contribution in [2.45, 2.75) is 13.0 Å². The van der Waals surface area contributed by atoms with E-state index < -0.39 is 6.04 Å². The topological polar surface area (TPSA) is 52.0 Å². The highest BCUT2D eigenvalue weighted by Gasteiger charge is 2.21. The average molecular weight is 354 g/mol. The van der Waals surface area contributed by atoms with Crippen LogP contribution in [0.4, 0.5) is 0 Å². The highest BCUT2D eigenvalue weighted by molar-refractivity contribution is 5.99. The molecule has 0 spiro atoms. The lowest BCUT2D eigenvalue weighted by molar-refractivity contribution is 0.0925. The maximum Gasteiger partial charge on any atom is 0.275 e. The van der Waals surface area contributed by atoms with Crippen LogP contribution in [0.15, 0.2) is 89.7 Å². The van der Waals surface area contributed by atoms with Gasteiger partial charge in [-0.25, -0.2) is 4.68 Å². The van der Waals surface area contributed by atoms with E-state index in [1.807, 2.05) is 66.7 Å². The molecule has 0 saturated heterocycles. The van der Waals surface area contributed by atoms with Crippen LogP contribution in [0.25, 0.3) is 22.0 Å². The highest BCUT2D eigenvalue weighted by Crippen LogP contribution is 2.25. The van der Waals surface area contributed by atoms with Gasteiger partial charge >= 0.3 is 0 Å². The zero-order valence-electron chi connectivity index (χ0n) is 14.9. The smallest absolute Gasteiger partial charge is 0.275 e. The van der Waals surface area contributed by atoms with Crippen molar-refractivity contribution >= 4 is 16.6 Å². The summed E-state index contributed by atoms with van der Waals surface area (Å²) in [6.45, 7) is 1.72. The Balaban J connectivity index is 1.92. The lowest BCUT2D eigenvalue weighted by Gasteiger charge is -2.16. The quantitative estimate of drug-likeness (QED) is 0.507. The predicted molar refractivity (Wildman–Crippen MR) is 107 cm³/mol. The number of rotatable bonds is 4. The maximum atomic E-state index is 13.0. The van der Waals surface area contributed by atoms with Gasteiger partial charge in [0.1, 0.15) is 6.04 Å². The standard InChI is InChI=1S/C23H18N2O2/c1-16(22(26)18-12-6-3-7-13-18)25-23(27)20-15-9-8-14-19(20)21(24-25)17-10-4-2-5-11-17/h2-16H,1H3/t16-/m1/s1. The molecule has 0 aliphatic rings. The number of benzene rings is 3. The minimum Gasteiger partial charge on any atom is -0.292 e.